The molecule has 0 bridgehead atoms. The molecule has 1 saturated carbocycles. The molecule has 2 aliphatic rings. The second-order valence-electron chi connectivity index (χ2n) is 7.77. The number of nitrogens with zero attached hydrogens (tertiary/aromatic N) is 1. The van der Waals surface area contributed by atoms with Crippen molar-refractivity contribution in [1.82, 2.24) is 9.62 Å². The first kappa shape index (κ1) is 20.3. The Hall–Kier alpha value is -1.44. The second kappa shape index (κ2) is 8.71. The van der Waals surface area contributed by atoms with Crippen molar-refractivity contribution in [3.63, 3.8) is 0 Å². The molecule has 3 rings (SSSR count). The molecule has 1 aliphatic carbocycles. The molecule has 1 aromatic rings. The Morgan fingerprint density at radius 2 is 1.56 bits per heavy atom. The van der Waals surface area contributed by atoms with Crippen LogP contribution in [0, 0.1) is 0 Å². The van der Waals surface area contributed by atoms with E-state index in [1.165, 1.54) is 29.3 Å². The van der Waals surface area contributed by atoms with E-state index in [-0.39, 0.29) is 29.1 Å². The lowest BCUT2D eigenvalue weighted by Gasteiger charge is -2.34. The van der Waals surface area contributed by atoms with Gasteiger partial charge in [-0.15, -0.1) is 0 Å². The quantitative estimate of drug-likeness (QED) is 0.797. The van der Waals surface area contributed by atoms with Gasteiger partial charge in [-0.25, -0.2) is 8.42 Å². The zero-order chi connectivity index (χ0) is 19.4. The molecular formula is C20H30N2O4S. The van der Waals surface area contributed by atoms with Gasteiger partial charge in [0, 0.05) is 24.7 Å². The molecule has 0 spiro atoms. The summed E-state index contributed by atoms with van der Waals surface area (Å²) in [6, 6.07) is 6.49. The molecule has 0 unspecified atom stereocenters. The molecule has 1 saturated heterocycles. The van der Waals surface area contributed by atoms with E-state index < -0.39 is 10.0 Å². The number of sulfonamides is 1. The lowest BCUT2D eigenvalue weighted by Crippen LogP contribution is -2.48. The summed E-state index contributed by atoms with van der Waals surface area (Å²) in [6.45, 7) is 4.44. The van der Waals surface area contributed by atoms with Crippen molar-refractivity contribution < 1.29 is 17.9 Å². The van der Waals surface area contributed by atoms with Crippen LogP contribution in [0.1, 0.15) is 62.7 Å². The summed E-state index contributed by atoms with van der Waals surface area (Å²) in [7, 11) is -3.58. The first-order valence-electron chi connectivity index (χ1n) is 9.93. The average molecular weight is 395 g/mol. The van der Waals surface area contributed by atoms with Crippen molar-refractivity contribution in [2.45, 2.75) is 75.5 Å². The molecule has 1 aromatic carbocycles. The van der Waals surface area contributed by atoms with Gasteiger partial charge in [-0.1, -0.05) is 25.7 Å². The van der Waals surface area contributed by atoms with Gasteiger partial charge in [0.25, 0.3) is 5.91 Å². The molecule has 0 radical (unpaired) electrons. The van der Waals surface area contributed by atoms with Crippen LogP contribution in [-0.4, -0.2) is 50.0 Å². The van der Waals surface area contributed by atoms with Gasteiger partial charge in [0.2, 0.25) is 10.0 Å². The fraction of sp³-hybridized carbons (Fsp3) is 0.650. The minimum atomic E-state index is -3.58. The lowest BCUT2D eigenvalue weighted by molar-refractivity contribution is -0.0440. The zero-order valence-electron chi connectivity index (χ0n) is 16.2. The van der Waals surface area contributed by atoms with Crippen LogP contribution in [0.2, 0.25) is 0 Å². The highest BCUT2D eigenvalue weighted by Gasteiger charge is 2.32. The van der Waals surface area contributed by atoms with Gasteiger partial charge in [-0.3, -0.25) is 4.79 Å². The van der Waals surface area contributed by atoms with Gasteiger partial charge in [0.1, 0.15) is 0 Å². The van der Waals surface area contributed by atoms with Crippen LogP contribution >= 0.6 is 0 Å². The predicted octanol–water partition coefficient (Wildman–Crippen LogP) is 2.94. The fourth-order valence-electron chi connectivity index (χ4n) is 3.95. The predicted molar refractivity (Wildman–Crippen MR) is 104 cm³/mol. The Morgan fingerprint density at radius 1 is 1.00 bits per heavy atom. The third-order valence-corrected chi connectivity index (χ3v) is 7.18. The summed E-state index contributed by atoms with van der Waals surface area (Å²) < 4.78 is 32.9. The Balaban J connectivity index is 1.67. The molecule has 27 heavy (non-hydrogen) atoms. The highest BCUT2D eigenvalue weighted by atomic mass is 32.2. The summed E-state index contributed by atoms with van der Waals surface area (Å²) in [4.78, 5) is 12.7. The highest BCUT2D eigenvalue weighted by Crippen LogP contribution is 2.22. The number of benzene rings is 1. The molecule has 1 heterocycles. The molecule has 1 N–H and O–H groups in total. The van der Waals surface area contributed by atoms with Crippen LogP contribution in [0.15, 0.2) is 29.2 Å². The number of carbonyl (C=O) groups excluding carboxylic acids is 1. The molecule has 0 aromatic heterocycles. The molecule has 6 nitrogen and oxygen atoms in total. The van der Waals surface area contributed by atoms with Crippen LogP contribution in [0.5, 0.6) is 0 Å². The van der Waals surface area contributed by atoms with Gasteiger partial charge in [0.15, 0.2) is 0 Å². The summed E-state index contributed by atoms with van der Waals surface area (Å²) in [5, 5.41) is 3.09. The lowest BCUT2D eigenvalue weighted by atomic mass is 10.1. The maximum atomic E-state index is 12.9. The number of ether oxygens (including phenoxy) is 1. The minimum Gasteiger partial charge on any atom is -0.373 e. The van der Waals surface area contributed by atoms with Gasteiger partial charge in [-0.05, 0) is 51.0 Å². The van der Waals surface area contributed by atoms with E-state index in [9.17, 15) is 13.2 Å². The number of rotatable bonds is 4. The van der Waals surface area contributed by atoms with E-state index in [4.69, 9.17) is 4.74 Å². The van der Waals surface area contributed by atoms with Gasteiger partial charge in [-0.2, -0.15) is 4.31 Å². The van der Waals surface area contributed by atoms with Crippen molar-refractivity contribution in [1.29, 1.82) is 0 Å². The molecular weight excluding hydrogens is 364 g/mol. The Morgan fingerprint density at radius 3 is 2.11 bits per heavy atom. The van der Waals surface area contributed by atoms with Crippen LogP contribution in [0.25, 0.3) is 0 Å². The first-order valence-corrected chi connectivity index (χ1v) is 11.4. The molecule has 150 valence electrons. The van der Waals surface area contributed by atoms with E-state index in [1.807, 2.05) is 13.8 Å². The number of morpholine rings is 1. The van der Waals surface area contributed by atoms with E-state index in [2.05, 4.69) is 5.32 Å². The number of hydrogen-bond donors (Lipinski definition) is 1. The number of carbonyl (C=O) groups is 1. The SMILES string of the molecule is C[C@@H]1CN(S(=O)(=O)c2ccc(C(=O)NC3CCCCCC3)cc2)C[C@H](C)O1. The summed E-state index contributed by atoms with van der Waals surface area (Å²) in [6.07, 6.45) is 6.55. The Kier molecular flexibility index (Phi) is 6.55. The number of nitrogens with one attached hydrogen (secondary N) is 1. The first-order chi connectivity index (χ1) is 12.9. The molecule has 1 aliphatic heterocycles. The molecule has 2 atom stereocenters. The van der Waals surface area contributed by atoms with Gasteiger partial charge >= 0.3 is 0 Å². The molecule has 1 amide bonds. The maximum absolute atomic E-state index is 12.9. The van der Waals surface area contributed by atoms with E-state index in [0.29, 0.717) is 18.7 Å². The summed E-state index contributed by atoms with van der Waals surface area (Å²) in [5.74, 6) is -0.125. The standard InChI is InChI=1S/C20H30N2O4S/c1-15-13-22(14-16(2)26-15)27(24,25)19-11-9-17(10-12-19)20(23)21-18-7-5-3-4-6-8-18/h9-12,15-16,18H,3-8,13-14H2,1-2H3,(H,21,23)/t15-,16+. The second-order valence-corrected chi connectivity index (χ2v) is 9.70. The van der Waals surface area contributed by atoms with Crippen LogP contribution in [-0.2, 0) is 14.8 Å². The minimum absolute atomic E-state index is 0.125. The van der Waals surface area contributed by atoms with Crippen LogP contribution in [0.3, 0.4) is 0 Å². The zero-order valence-corrected chi connectivity index (χ0v) is 17.0. The topological polar surface area (TPSA) is 75.7 Å². The fourth-order valence-corrected chi connectivity index (χ4v) is 5.54. The Bertz CT molecular complexity index is 730. The largest absolute Gasteiger partial charge is 0.373 e. The van der Waals surface area contributed by atoms with Crippen molar-refractivity contribution in [3.05, 3.63) is 29.8 Å². The van der Waals surface area contributed by atoms with E-state index in [0.717, 1.165) is 25.7 Å². The highest BCUT2D eigenvalue weighted by molar-refractivity contribution is 7.89. The van der Waals surface area contributed by atoms with Gasteiger partial charge < -0.3 is 10.1 Å². The molecule has 2 fully saturated rings. The summed E-state index contributed by atoms with van der Waals surface area (Å²) >= 11 is 0. The third kappa shape index (κ3) is 5.09. The van der Waals surface area contributed by atoms with Crippen molar-refractivity contribution >= 4 is 15.9 Å². The average Bonchev–Trinajstić information content (AvgIpc) is 2.89. The van der Waals surface area contributed by atoms with E-state index in [1.54, 1.807) is 12.1 Å². The van der Waals surface area contributed by atoms with E-state index >= 15 is 0 Å². The monoisotopic (exact) mass is 394 g/mol. The van der Waals surface area contributed by atoms with Crippen LogP contribution in [0.4, 0.5) is 0 Å². The smallest absolute Gasteiger partial charge is 0.251 e. The van der Waals surface area contributed by atoms with Crippen molar-refractivity contribution in [3.8, 4) is 0 Å². The number of amides is 1. The molecule has 7 heteroatoms. The number of hydrogen-bond acceptors (Lipinski definition) is 4. The summed E-state index contributed by atoms with van der Waals surface area (Å²) in [5.41, 5.74) is 0.502. The van der Waals surface area contributed by atoms with Crippen molar-refractivity contribution in [2.75, 3.05) is 13.1 Å². The van der Waals surface area contributed by atoms with Crippen molar-refractivity contribution in [2.24, 2.45) is 0 Å². The Labute approximate surface area is 162 Å². The maximum Gasteiger partial charge on any atom is 0.251 e. The van der Waals surface area contributed by atoms with Crippen LogP contribution < -0.4 is 5.32 Å². The van der Waals surface area contributed by atoms with Gasteiger partial charge in [0.05, 0.1) is 17.1 Å². The third-order valence-electron chi connectivity index (χ3n) is 5.33. The normalized spacial score (nSPS) is 25.7.